The van der Waals surface area contributed by atoms with Gasteiger partial charge in [0.25, 0.3) is 0 Å². The van der Waals surface area contributed by atoms with Crippen molar-refractivity contribution in [3.8, 4) is 10.4 Å². The Morgan fingerprint density at radius 2 is 2.11 bits per heavy atom. The lowest BCUT2D eigenvalue weighted by atomic mass is 10.2. The lowest BCUT2D eigenvalue weighted by Crippen LogP contribution is -2.18. The summed E-state index contributed by atoms with van der Waals surface area (Å²) in [6.07, 6.45) is 1.16. The first kappa shape index (κ1) is 15.3. The molecular weight excluding hydrogens is 389 g/mol. The second-order valence-electron chi connectivity index (χ2n) is 4.50. The molecule has 0 bridgehead atoms. The second-order valence-corrected chi connectivity index (χ2v) is 7.22. The van der Waals surface area contributed by atoms with Crippen LogP contribution in [0.4, 0.5) is 0 Å². The molecule has 1 aromatic carbocycles. The van der Waals surface area contributed by atoms with Crippen LogP contribution in [-0.2, 0) is 0 Å². The van der Waals surface area contributed by atoms with E-state index in [-0.39, 0.29) is 0 Å². The van der Waals surface area contributed by atoms with Gasteiger partial charge in [-0.1, -0.05) is 24.6 Å². The third kappa shape index (κ3) is 3.94. The molecule has 1 atom stereocenters. The molecule has 1 N–H and O–H groups in total. The van der Waals surface area contributed by atoms with Crippen molar-refractivity contribution >= 4 is 45.5 Å². The van der Waals surface area contributed by atoms with Crippen molar-refractivity contribution in [2.24, 2.45) is 0 Å². The summed E-state index contributed by atoms with van der Waals surface area (Å²) in [5, 5.41) is 4.32. The van der Waals surface area contributed by atoms with E-state index in [0.717, 1.165) is 18.0 Å². The fourth-order valence-electron chi connectivity index (χ4n) is 1.88. The van der Waals surface area contributed by atoms with Crippen LogP contribution in [-0.4, -0.2) is 6.54 Å². The Bertz CT molecular complexity index is 553. The van der Waals surface area contributed by atoms with E-state index >= 15 is 0 Å². The van der Waals surface area contributed by atoms with E-state index in [1.807, 2.05) is 23.5 Å². The zero-order valence-electron chi connectivity index (χ0n) is 11.0. The third-order valence-electron chi connectivity index (χ3n) is 2.95. The van der Waals surface area contributed by atoms with Gasteiger partial charge in [0.1, 0.15) is 0 Å². The lowest BCUT2D eigenvalue weighted by Gasteiger charge is -2.10. The number of benzene rings is 1. The monoisotopic (exact) mass is 405 g/mol. The highest BCUT2D eigenvalue weighted by molar-refractivity contribution is 14.1. The number of rotatable bonds is 5. The summed E-state index contributed by atoms with van der Waals surface area (Å²) in [6.45, 7) is 5.47. The van der Waals surface area contributed by atoms with Gasteiger partial charge in [-0.25, -0.2) is 0 Å². The van der Waals surface area contributed by atoms with Crippen molar-refractivity contribution in [2.75, 3.05) is 6.54 Å². The minimum atomic E-state index is 0.420. The normalized spacial score (nSPS) is 12.6. The van der Waals surface area contributed by atoms with Crippen LogP contribution in [0.1, 0.15) is 31.2 Å². The Morgan fingerprint density at radius 1 is 1.32 bits per heavy atom. The summed E-state index contributed by atoms with van der Waals surface area (Å²) in [5.74, 6) is 0. The molecule has 2 rings (SSSR count). The van der Waals surface area contributed by atoms with Crippen LogP contribution in [0, 0.1) is 3.57 Å². The van der Waals surface area contributed by atoms with Crippen LogP contribution in [0.5, 0.6) is 0 Å². The van der Waals surface area contributed by atoms with Gasteiger partial charge in [-0.2, -0.15) is 0 Å². The fraction of sp³-hybridized carbons (Fsp3) is 0.333. The van der Waals surface area contributed by atoms with Gasteiger partial charge in [0, 0.05) is 30.0 Å². The summed E-state index contributed by atoms with van der Waals surface area (Å²) in [5.41, 5.74) is 1.27. The zero-order chi connectivity index (χ0) is 13.8. The van der Waals surface area contributed by atoms with Gasteiger partial charge >= 0.3 is 0 Å². The highest BCUT2D eigenvalue weighted by Gasteiger charge is 2.11. The largest absolute Gasteiger partial charge is 0.309 e. The van der Waals surface area contributed by atoms with Crippen molar-refractivity contribution in [3.05, 3.63) is 43.8 Å². The predicted octanol–water partition coefficient (Wildman–Crippen LogP) is 5.73. The van der Waals surface area contributed by atoms with Gasteiger partial charge in [0.05, 0.1) is 0 Å². The SMILES string of the molecule is CCCNC(C)c1ccc(-c2ccc(Cl)cc2I)s1. The smallest absolute Gasteiger partial charge is 0.0416 e. The number of hydrogen-bond acceptors (Lipinski definition) is 2. The second kappa shape index (κ2) is 7.07. The lowest BCUT2D eigenvalue weighted by molar-refractivity contribution is 0.578. The standard InChI is InChI=1S/C15H17ClINS/c1-3-8-18-10(2)14-6-7-15(19-14)12-5-4-11(16)9-13(12)17/h4-7,9-10,18H,3,8H2,1-2H3. The number of thiophene rings is 1. The summed E-state index contributed by atoms with van der Waals surface area (Å²) < 4.78 is 1.20. The van der Waals surface area contributed by atoms with Crippen molar-refractivity contribution in [1.82, 2.24) is 5.32 Å². The maximum absolute atomic E-state index is 6.01. The first-order valence-electron chi connectivity index (χ1n) is 6.40. The molecule has 0 aliphatic rings. The molecule has 2 aromatic rings. The minimum Gasteiger partial charge on any atom is -0.309 e. The van der Waals surface area contributed by atoms with Crippen molar-refractivity contribution in [3.63, 3.8) is 0 Å². The maximum atomic E-state index is 6.01. The van der Waals surface area contributed by atoms with Crippen LogP contribution in [0.3, 0.4) is 0 Å². The molecule has 102 valence electrons. The summed E-state index contributed by atoms with van der Waals surface area (Å²) >= 11 is 10.2. The molecule has 0 saturated heterocycles. The Labute approximate surface area is 137 Å². The van der Waals surface area contributed by atoms with E-state index in [2.05, 4.69) is 60.0 Å². The van der Waals surface area contributed by atoms with E-state index in [1.165, 1.54) is 18.9 Å². The molecule has 1 aromatic heterocycles. The van der Waals surface area contributed by atoms with Crippen molar-refractivity contribution in [1.29, 1.82) is 0 Å². The van der Waals surface area contributed by atoms with Crippen LogP contribution in [0.2, 0.25) is 5.02 Å². The van der Waals surface area contributed by atoms with Gasteiger partial charge in [0.2, 0.25) is 0 Å². The van der Waals surface area contributed by atoms with Gasteiger partial charge < -0.3 is 5.32 Å². The molecule has 4 heteroatoms. The molecule has 0 aliphatic carbocycles. The molecule has 1 unspecified atom stereocenters. The molecule has 1 nitrogen and oxygen atoms in total. The first-order valence-corrected chi connectivity index (χ1v) is 8.67. The molecule has 1 heterocycles. The molecule has 0 spiro atoms. The van der Waals surface area contributed by atoms with Gasteiger partial charge in [-0.3, -0.25) is 0 Å². The Hall–Kier alpha value is -0.100. The summed E-state index contributed by atoms with van der Waals surface area (Å²) in [4.78, 5) is 2.69. The molecule has 0 radical (unpaired) electrons. The number of halogens is 2. The maximum Gasteiger partial charge on any atom is 0.0416 e. The summed E-state index contributed by atoms with van der Waals surface area (Å²) in [7, 11) is 0. The molecule has 0 fully saturated rings. The highest BCUT2D eigenvalue weighted by Crippen LogP contribution is 2.34. The molecule has 0 amide bonds. The Balaban J connectivity index is 2.20. The minimum absolute atomic E-state index is 0.420. The molecule has 0 saturated carbocycles. The fourth-order valence-corrected chi connectivity index (χ4v) is 4.30. The summed E-state index contributed by atoms with van der Waals surface area (Å²) in [6, 6.07) is 10.9. The van der Waals surface area contributed by atoms with Crippen LogP contribution >= 0.6 is 45.5 Å². The number of nitrogens with one attached hydrogen (secondary N) is 1. The van der Waals surface area contributed by atoms with Crippen molar-refractivity contribution < 1.29 is 0 Å². The van der Waals surface area contributed by atoms with E-state index in [4.69, 9.17) is 11.6 Å². The van der Waals surface area contributed by atoms with E-state index in [9.17, 15) is 0 Å². The van der Waals surface area contributed by atoms with Crippen LogP contribution < -0.4 is 5.32 Å². The Kier molecular flexibility index (Phi) is 5.69. The molecular formula is C15H17ClINS. The van der Waals surface area contributed by atoms with Gasteiger partial charge in [-0.05, 0) is 66.7 Å². The number of hydrogen-bond donors (Lipinski definition) is 1. The van der Waals surface area contributed by atoms with E-state index < -0.39 is 0 Å². The quantitative estimate of drug-likeness (QED) is 0.626. The zero-order valence-corrected chi connectivity index (χ0v) is 14.8. The molecule has 19 heavy (non-hydrogen) atoms. The van der Waals surface area contributed by atoms with E-state index in [0.29, 0.717) is 6.04 Å². The third-order valence-corrected chi connectivity index (χ3v) is 5.38. The predicted molar refractivity (Wildman–Crippen MR) is 94.2 cm³/mol. The van der Waals surface area contributed by atoms with Gasteiger partial charge in [0.15, 0.2) is 0 Å². The van der Waals surface area contributed by atoms with Crippen LogP contribution in [0.25, 0.3) is 10.4 Å². The van der Waals surface area contributed by atoms with E-state index in [1.54, 1.807) is 0 Å². The molecule has 0 aliphatic heterocycles. The topological polar surface area (TPSA) is 12.0 Å². The average Bonchev–Trinajstić information content (AvgIpc) is 2.85. The average molecular weight is 406 g/mol. The highest BCUT2D eigenvalue weighted by atomic mass is 127. The Morgan fingerprint density at radius 3 is 2.79 bits per heavy atom. The first-order chi connectivity index (χ1) is 9.11. The van der Waals surface area contributed by atoms with Gasteiger partial charge in [-0.15, -0.1) is 11.3 Å². The van der Waals surface area contributed by atoms with Crippen molar-refractivity contribution in [2.45, 2.75) is 26.3 Å². The van der Waals surface area contributed by atoms with Crippen LogP contribution in [0.15, 0.2) is 30.3 Å².